The van der Waals surface area contributed by atoms with Gasteiger partial charge < -0.3 is 0 Å². The summed E-state index contributed by atoms with van der Waals surface area (Å²) in [4.78, 5) is -0.141. The van der Waals surface area contributed by atoms with E-state index in [0.29, 0.717) is 5.41 Å². The van der Waals surface area contributed by atoms with Gasteiger partial charge in [-0.1, -0.05) is 11.7 Å². The van der Waals surface area contributed by atoms with Gasteiger partial charge in [0.25, 0.3) is 0 Å². The van der Waals surface area contributed by atoms with Gasteiger partial charge in [-0.2, -0.15) is 8.42 Å². The van der Waals surface area contributed by atoms with Crippen LogP contribution in [-0.2, 0) is 24.3 Å². The Morgan fingerprint density at radius 1 is 1.12 bits per heavy atom. The predicted octanol–water partition coefficient (Wildman–Crippen LogP) is 1.95. The molecule has 0 saturated heterocycles. The molecule has 0 heterocycles. The predicted molar refractivity (Wildman–Crippen MR) is 75.3 cm³/mol. The van der Waals surface area contributed by atoms with E-state index in [0.717, 1.165) is 0 Å². The standard InChI is InChI=1S/C10H8F4N4O5S2/c1-2-24(19,20)16-3-4-23-25(21,22)10-7(13)5(11)9(17-18-15)6(12)8(10)14/h2,16H,1,3-4H2. The third-order valence-corrected chi connectivity index (χ3v) is 4.84. The molecular formula is C10H8F4N4O5S2. The van der Waals surface area contributed by atoms with Crippen LogP contribution in [0.2, 0.25) is 0 Å². The van der Waals surface area contributed by atoms with E-state index in [1.807, 2.05) is 4.91 Å². The van der Waals surface area contributed by atoms with Crippen LogP contribution in [0.4, 0.5) is 23.2 Å². The van der Waals surface area contributed by atoms with E-state index in [4.69, 9.17) is 5.53 Å². The van der Waals surface area contributed by atoms with E-state index in [1.165, 1.54) is 0 Å². The first-order chi connectivity index (χ1) is 11.5. The second kappa shape index (κ2) is 7.79. The van der Waals surface area contributed by atoms with E-state index in [2.05, 4.69) is 15.9 Å². The largest absolute Gasteiger partial charge is 0.303 e. The Bertz CT molecular complexity index is 929. The van der Waals surface area contributed by atoms with Gasteiger partial charge in [-0.15, -0.1) is 0 Å². The van der Waals surface area contributed by atoms with Gasteiger partial charge in [0.15, 0.2) is 28.2 Å². The van der Waals surface area contributed by atoms with E-state index in [9.17, 15) is 34.4 Å². The second-order valence-corrected chi connectivity index (χ2v) is 7.27. The van der Waals surface area contributed by atoms with Crippen molar-refractivity contribution < 1.29 is 38.6 Å². The molecule has 1 aromatic carbocycles. The molecule has 1 aromatic rings. The molecule has 25 heavy (non-hydrogen) atoms. The highest BCUT2D eigenvalue weighted by Crippen LogP contribution is 2.33. The summed E-state index contributed by atoms with van der Waals surface area (Å²) in [6, 6.07) is 0. The third kappa shape index (κ3) is 4.67. The molecule has 9 nitrogen and oxygen atoms in total. The number of nitrogens with one attached hydrogen (secondary N) is 1. The van der Waals surface area contributed by atoms with Gasteiger partial charge in [0, 0.05) is 16.9 Å². The molecule has 1 rings (SSSR count). The maximum Gasteiger partial charge on any atom is 0.303 e. The molecule has 0 aliphatic heterocycles. The Kier molecular flexibility index (Phi) is 6.50. The Balaban J connectivity index is 3.18. The second-order valence-electron chi connectivity index (χ2n) is 4.01. The van der Waals surface area contributed by atoms with E-state index >= 15 is 0 Å². The summed E-state index contributed by atoms with van der Waals surface area (Å²) in [7, 11) is -9.27. The molecule has 0 unspecified atom stereocenters. The third-order valence-electron chi connectivity index (χ3n) is 2.46. The van der Waals surface area contributed by atoms with Crippen molar-refractivity contribution in [3.63, 3.8) is 0 Å². The summed E-state index contributed by atoms with van der Waals surface area (Å²) >= 11 is 0. The Morgan fingerprint density at radius 2 is 1.64 bits per heavy atom. The van der Waals surface area contributed by atoms with E-state index in [1.54, 1.807) is 4.72 Å². The van der Waals surface area contributed by atoms with E-state index < -0.39 is 67.1 Å². The molecule has 0 radical (unpaired) electrons. The topological polar surface area (TPSA) is 138 Å². The van der Waals surface area contributed by atoms with Crippen molar-refractivity contribution in [2.75, 3.05) is 13.2 Å². The average molecular weight is 404 g/mol. The van der Waals surface area contributed by atoms with Crippen LogP contribution in [0.25, 0.3) is 10.4 Å². The lowest BCUT2D eigenvalue weighted by Crippen LogP contribution is -2.26. The van der Waals surface area contributed by atoms with Crippen LogP contribution in [0, 0.1) is 23.3 Å². The van der Waals surface area contributed by atoms with Gasteiger partial charge in [0.1, 0.15) is 5.69 Å². The van der Waals surface area contributed by atoms with Crippen LogP contribution in [0.15, 0.2) is 22.0 Å². The minimum absolute atomic E-state index is 0.500. The number of rotatable bonds is 8. The molecule has 1 N–H and O–H groups in total. The average Bonchev–Trinajstić information content (AvgIpc) is 2.54. The summed E-state index contributed by atoms with van der Waals surface area (Å²) in [5.74, 6) is -9.22. The normalized spacial score (nSPS) is 11.8. The van der Waals surface area contributed by atoms with Crippen molar-refractivity contribution in [2.24, 2.45) is 5.11 Å². The molecule has 0 atom stereocenters. The number of halogens is 4. The van der Waals surface area contributed by atoms with Crippen LogP contribution < -0.4 is 4.72 Å². The molecule has 0 aromatic heterocycles. The zero-order chi connectivity index (χ0) is 19.4. The molecule has 0 spiro atoms. The highest BCUT2D eigenvalue weighted by atomic mass is 32.2. The molecule has 138 valence electrons. The smallest absolute Gasteiger partial charge is 0.265 e. The number of hydrogen-bond acceptors (Lipinski definition) is 6. The number of nitrogens with zero attached hydrogens (tertiary/aromatic N) is 3. The fourth-order valence-corrected chi connectivity index (χ4v) is 2.93. The van der Waals surface area contributed by atoms with Crippen LogP contribution in [0.1, 0.15) is 0 Å². The molecule has 0 saturated carbocycles. The molecule has 0 bridgehead atoms. The monoisotopic (exact) mass is 404 g/mol. The molecule has 0 fully saturated rings. The van der Waals surface area contributed by atoms with Crippen molar-refractivity contribution in [3.05, 3.63) is 45.7 Å². The number of sulfonamides is 1. The minimum Gasteiger partial charge on any atom is -0.265 e. The molecule has 0 aliphatic rings. The molecule has 0 amide bonds. The highest BCUT2D eigenvalue weighted by molar-refractivity contribution is 7.92. The minimum atomic E-state index is -5.35. The summed E-state index contributed by atoms with van der Waals surface area (Å²) in [6.45, 7) is 1.34. The summed E-state index contributed by atoms with van der Waals surface area (Å²) in [5.41, 5.74) is 6.38. The zero-order valence-electron chi connectivity index (χ0n) is 11.9. The van der Waals surface area contributed by atoms with Gasteiger partial charge in [-0.25, -0.2) is 30.7 Å². The Labute approximate surface area is 138 Å². The highest BCUT2D eigenvalue weighted by Gasteiger charge is 2.33. The molecule has 15 heteroatoms. The fourth-order valence-electron chi connectivity index (χ4n) is 1.41. The van der Waals surface area contributed by atoms with Crippen molar-refractivity contribution in [1.82, 2.24) is 4.72 Å². The summed E-state index contributed by atoms with van der Waals surface area (Å²) < 4.78 is 106. The molecule has 0 aliphatic carbocycles. The quantitative estimate of drug-likeness (QED) is 0.134. The molecular weight excluding hydrogens is 396 g/mol. The van der Waals surface area contributed by atoms with Crippen LogP contribution in [0.5, 0.6) is 0 Å². The Morgan fingerprint density at radius 3 is 2.08 bits per heavy atom. The van der Waals surface area contributed by atoms with Gasteiger partial charge in [0.2, 0.25) is 10.0 Å². The first kappa shape index (κ1) is 20.9. The maximum atomic E-state index is 13.7. The first-order valence-corrected chi connectivity index (χ1v) is 8.86. The fraction of sp³-hybridized carbons (Fsp3) is 0.200. The lowest BCUT2D eigenvalue weighted by molar-refractivity contribution is 0.313. The number of azide groups is 1. The lowest BCUT2D eigenvalue weighted by Gasteiger charge is -2.10. The van der Waals surface area contributed by atoms with Gasteiger partial charge in [-0.05, 0) is 5.53 Å². The van der Waals surface area contributed by atoms with Crippen LogP contribution >= 0.6 is 0 Å². The lowest BCUT2D eigenvalue weighted by atomic mass is 10.2. The summed E-state index contributed by atoms with van der Waals surface area (Å²) in [6.07, 6.45) is 0. The van der Waals surface area contributed by atoms with Gasteiger partial charge >= 0.3 is 10.1 Å². The van der Waals surface area contributed by atoms with Crippen molar-refractivity contribution in [2.45, 2.75) is 4.90 Å². The van der Waals surface area contributed by atoms with E-state index in [-0.39, 0.29) is 0 Å². The zero-order valence-corrected chi connectivity index (χ0v) is 13.5. The Hall–Kier alpha value is -2.19. The summed E-state index contributed by atoms with van der Waals surface area (Å²) in [5, 5.41) is 2.89. The van der Waals surface area contributed by atoms with Crippen molar-refractivity contribution in [3.8, 4) is 0 Å². The van der Waals surface area contributed by atoms with Crippen molar-refractivity contribution >= 4 is 25.8 Å². The van der Waals surface area contributed by atoms with Crippen LogP contribution in [-0.4, -0.2) is 30.0 Å². The van der Waals surface area contributed by atoms with Gasteiger partial charge in [0.05, 0.1) is 6.61 Å². The SMILES string of the molecule is C=CS(=O)(=O)NCCOS(=O)(=O)c1c(F)c(F)c(N=[N+]=[N-])c(F)c1F. The van der Waals surface area contributed by atoms with Gasteiger partial charge in [-0.3, -0.25) is 4.18 Å². The number of hydrogen-bond donors (Lipinski definition) is 1. The van der Waals surface area contributed by atoms with Crippen LogP contribution in [0.3, 0.4) is 0 Å². The van der Waals surface area contributed by atoms with Crippen molar-refractivity contribution in [1.29, 1.82) is 0 Å². The first-order valence-electron chi connectivity index (χ1n) is 5.91. The number of benzene rings is 1. The maximum absolute atomic E-state index is 13.7.